The van der Waals surface area contributed by atoms with Gasteiger partial charge in [0.2, 0.25) is 0 Å². The molecule has 0 aliphatic heterocycles. The third kappa shape index (κ3) is 3.07. The molecule has 0 saturated heterocycles. The van der Waals surface area contributed by atoms with Crippen LogP contribution in [0.4, 0.5) is 0 Å². The first-order valence-electron chi connectivity index (χ1n) is 8.53. The zero-order valence-electron chi connectivity index (χ0n) is 13.3. The summed E-state index contributed by atoms with van der Waals surface area (Å²) in [7, 11) is 4.65. The van der Waals surface area contributed by atoms with Crippen molar-refractivity contribution in [2.45, 2.75) is 76.7 Å². The topological polar surface area (TPSA) is 3.24 Å². The van der Waals surface area contributed by atoms with E-state index in [2.05, 4.69) is 38.1 Å². The molecule has 1 nitrogen and oxygen atoms in total. The minimum atomic E-state index is 0.343. The molecule has 0 atom stereocenters. The van der Waals surface area contributed by atoms with E-state index in [9.17, 15) is 0 Å². The molecule has 19 heavy (non-hydrogen) atoms. The van der Waals surface area contributed by atoms with Crippen LogP contribution in [0.15, 0.2) is 12.2 Å². The SMILES string of the molecule is CC=CC(C1CCCCC1)(C1CCCCC1)N(C)C. The fourth-order valence-electron chi connectivity index (χ4n) is 4.88. The lowest BCUT2D eigenvalue weighted by Crippen LogP contribution is -2.55. The summed E-state index contributed by atoms with van der Waals surface area (Å²) >= 11 is 0. The van der Waals surface area contributed by atoms with Crippen molar-refractivity contribution in [1.29, 1.82) is 0 Å². The summed E-state index contributed by atoms with van der Waals surface area (Å²) < 4.78 is 0. The molecule has 0 radical (unpaired) electrons. The molecule has 0 N–H and O–H groups in total. The third-order valence-corrected chi connectivity index (χ3v) is 5.73. The summed E-state index contributed by atoms with van der Waals surface area (Å²) in [5, 5.41) is 0. The minimum absolute atomic E-state index is 0.343. The second-order valence-corrected chi connectivity index (χ2v) is 6.95. The van der Waals surface area contributed by atoms with Gasteiger partial charge in [-0.3, -0.25) is 4.90 Å². The molecule has 0 heterocycles. The van der Waals surface area contributed by atoms with Crippen molar-refractivity contribution in [3.05, 3.63) is 12.2 Å². The van der Waals surface area contributed by atoms with Gasteiger partial charge in [0.15, 0.2) is 0 Å². The van der Waals surface area contributed by atoms with Crippen LogP contribution < -0.4 is 0 Å². The molecule has 0 bridgehead atoms. The van der Waals surface area contributed by atoms with Gasteiger partial charge in [-0.25, -0.2) is 0 Å². The number of rotatable bonds is 4. The van der Waals surface area contributed by atoms with E-state index in [-0.39, 0.29) is 0 Å². The van der Waals surface area contributed by atoms with Gasteiger partial charge in [-0.1, -0.05) is 50.7 Å². The predicted octanol–water partition coefficient (Wildman–Crippen LogP) is 5.02. The highest BCUT2D eigenvalue weighted by Crippen LogP contribution is 2.46. The molecule has 0 amide bonds. The number of allylic oxidation sites excluding steroid dienone is 1. The van der Waals surface area contributed by atoms with E-state index in [1.54, 1.807) is 0 Å². The molecule has 2 fully saturated rings. The average molecular weight is 263 g/mol. The molecule has 0 spiro atoms. The molecule has 0 aromatic carbocycles. The van der Waals surface area contributed by atoms with Crippen LogP contribution in [0.3, 0.4) is 0 Å². The van der Waals surface area contributed by atoms with Gasteiger partial charge in [0.05, 0.1) is 0 Å². The fourth-order valence-corrected chi connectivity index (χ4v) is 4.88. The Labute approximate surface area is 120 Å². The van der Waals surface area contributed by atoms with Crippen molar-refractivity contribution in [2.75, 3.05) is 14.1 Å². The molecule has 2 aliphatic rings. The van der Waals surface area contributed by atoms with Crippen molar-refractivity contribution in [3.8, 4) is 0 Å². The molecule has 2 saturated carbocycles. The van der Waals surface area contributed by atoms with E-state index in [0.29, 0.717) is 5.54 Å². The largest absolute Gasteiger partial charge is 0.300 e. The number of nitrogens with zero attached hydrogens (tertiary/aromatic N) is 1. The van der Waals surface area contributed by atoms with Crippen LogP contribution in [0.5, 0.6) is 0 Å². The first kappa shape index (κ1) is 15.1. The Hall–Kier alpha value is -0.300. The van der Waals surface area contributed by atoms with Crippen LogP contribution in [0, 0.1) is 11.8 Å². The van der Waals surface area contributed by atoms with Crippen molar-refractivity contribution < 1.29 is 0 Å². The molecule has 2 rings (SSSR count). The van der Waals surface area contributed by atoms with Crippen LogP contribution >= 0.6 is 0 Å². The van der Waals surface area contributed by atoms with Gasteiger partial charge >= 0.3 is 0 Å². The summed E-state index contributed by atoms with van der Waals surface area (Å²) in [5.74, 6) is 1.77. The molecule has 0 aromatic rings. The Morgan fingerprint density at radius 2 is 1.21 bits per heavy atom. The van der Waals surface area contributed by atoms with Gasteiger partial charge in [0.1, 0.15) is 0 Å². The summed E-state index contributed by atoms with van der Waals surface area (Å²) in [6.45, 7) is 2.21. The lowest BCUT2D eigenvalue weighted by molar-refractivity contribution is 0.0245. The molecule has 0 aromatic heterocycles. The maximum atomic E-state index is 2.57. The first-order valence-corrected chi connectivity index (χ1v) is 8.53. The van der Waals surface area contributed by atoms with Crippen molar-refractivity contribution >= 4 is 0 Å². The highest BCUT2D eigenvalue weighted by molar-refractivity contribution is 5.13. The van der Waals surface area contributed by atoms with Crippen LogP contribution in [0.2, 0.25) is 0 Å². The smallest absolute Gasteiger partial charge is 0.0441 e. The summed E-state index contributed by atoms with van der Waals surface area (Å²) in [6.07, 6.45) is 19.4. The number of hydrogen-bond acceptors (Lipinski definition) is 1. The highest BCUT2D eigenvalue weighted by atomic mass is 15.2. The second-order valence-electron chi connectivity index (χ2n) is 6.95. The Kier molecular flexibility index (Phi) is 5.50. The third-order valence-electron chi connectivity index (χ3n) is 5.73. The molecular weight excluding hydrogens is 230 g/mol. The van der Waals surface area contributed by atoms with Crippen molar-refractivity contribution in [3.63, 3.8) is 0 Å². The zero-order chi connectivity index (χ0) is 13.7. The van der Waals surface area contributed by atoms with Crippen LogP contribution in [0.25, 0.3) is 0 Å². The monoisotopic (exact) mass is 263 g/mol. The number of likely N-dealkylation sites (N-methyl/N-ethyl adjacent to an activating group) is 1. The lowest BCUT2D eigenvalue weighted by atomic mass is 9.63. The van der Waals surface area contributed by atoms with Crippen LogP contribution in [-0.2, 0) is 0 Å². The second kappa shape index (κ2) is 6.92. The Morgan fingerprint density at radius 1 is 0.789 bits per heavy atom. The molecular formula is C18H33N. The maximum absolute atomic E-state index is 2.57. The van der Waals surface area contributed by atoms with Gasteiger partial charge in [0, 0.05) is 5.54 Å². The lowest BCUT2D eigenvalue weighted by Gasteiger charge is -2.52. The molecule has 0 unspecified atom stereocenters. The first-order chi connectivity index (χ1) is 9.21. The van der Waals surface area contributed by atoms with E-state index < -0.39 is 0 Å². The zero-order valence-corrected chi connectivity index (χ0v) is 13.3. The average Bonchev–Trinajstić information content (AvgIpc) is 2.46. The Bertz CT molecular complexity index is 262. The highest BCUT2D eigenvalue weighted by Gasteiger charge is 2.45. The normalized spacial score (nSPS) is 24.4. The Balaban J connectivity index is 2.27. The van der Waals surface area contributed by atoms with Crippen molar-refractivity contribution in [1.82, 2.24) is 4.90 Å². The van der Waals surface area contributed by atoms with E-state index in [1.165, 1.54) is 64.2 Å². The van der Waals surface area contributed by atoms with E-state index in [4.69, 9.17) is 0 Å². The van der Waals surface area contributed by atoms with Crippen LogP contribution in [0.1, 0.15) is 71.1 Å². The summed E-state index contributed by atoms with van der Waals surface area (Å²) in [5.41, 5.74) is 0.343. The summed E-state index contributed by atoms with van der Waals surface area (Å²) in [4.78, 5) is 2.57. The van der Waals surface area contributed by atoms with Gasteiger partial charge in [0.25, 0.3) is 0 Å². The number of hydrogen-bond donors (Lipinski definition) is 0. The van der Waals surface area contributed by atoms with E-state index in [0.717, 1.165) is 11.8 Å². The van der Waals surface area contributed by atoms with E-state index >= 15 is 0 Å². The van der Waals surface area contributed by atoms with Gasteiger partial charge in [-0.15, -0.1) is 0 Å². The minimum Gasteiger partial charge on any atom is -0.300 e. The molecule has 1 heteroatoms. The van der Waals surface area contributed by atoms with Gasteiger partial charge in [-0.2, -0.15) is 0 Å². The quantitative estimate of drug-likeness (QED) is 0.643. The standard InChI is InChI=1S/C18H33N/c1-4-15-18(19(2)3,16-11-7-5-8-12-16)17-13-9-6-10-14-17/h4,15-17H,5-14H2,1-3H3. The fraction of sp³-hybridized carbons (Fsp3) is 0.889. The van der Waals surface area contributed by atoms with Gasteiger partial charge < -0.3 is 0 Å². The van der Waals surface area contributed by atoms with Gasteiger partial charge in [-0.05, 0) is 58.5 Å². The predicted molar refractivity (Wildman–Crippen MR) is 84.4 cm³/mol. The van der Waals surface area contributed by atoms with E-state index in [1.807, 2.05) is 0 Å². The molecule has 110 valence electrons. The maximum Gasteiger partial charge on any atom is 0.0441 e. The molecule has 2 aliphatic carbocycles. The summed E-state index contributed by atoms with van der Waals surface area (Å²) in [6, 6.07) is 0. The van der Waals surface area contributed by atoms with Crippen molar-refractivity contribution in [2.24, 2.45) is 11.8 Å². The Morgan fingerprint density at radius 3 is 1.53 bits per heavy atom. The van der Waals surface area contributed by atoms with Crippen LogP contribution in [-0.4, -0.2) is 24.5 Å².